The molecule has 0 bridgehead atoms. The van der Waals surface area contributed by atoms with Crippen molar-refractivity contribution in [3.05, 3.63) is 29.8 Å². The molecule has 40 heavy (non-hydrogen) atoms. The van der Waals surface area contributed by atoms with Crippen LogP contribution in [0.1, 0.15) is 90.5 Å². The number of hydrogen-bond donors (Lipinski definition) is 4. The van der Waals surface area contributed by atoms with Crippen LogP contribution in [0.2, 0.25) is 0 Å². The Bertz CT molecular complexity index is 942. The van der Waals surface area contributed by atoms with Crippen LogP contribution in [0.25, 0.3) is 0 Å². The van der Waals surface area contributed by atoms with Crippen LogP contribution in [-0.4, -0.2) is 71.9 Å². The summed E-state index contributed by atoms with van der Waals surface area (Å²) in [5.74, 6) is -3.15. The molecule has 226 valence electrons. The number of benzene rings is 1. The van der Waals surface area contributed by atoms with Crippen LogP contribution in [0, 0.1) is 0 Å². The summed E-state index contributed by atoms with van der Waals surface area (Å²) in [6, 6.07) is 6.12. The molecular weight excluding hydrogens is 516 g/mol. The Kier molecular flexibility index (Phi) is 12.6. The van der Waals surface area contributed by atoms with Gasteiger partial charge in [0.05, 0.1) is 6.42 Å². The lowest BCUT2D eigenvalue weighted by molar-refractivity contribution is -0.277. The van der Waals surface area contributed by atoms with E-state index in [0.29, 0.717) is 17.9 Å². The molecule has 2 saturated heterocycles. The third-order valence-electron chi connectivity index (χ3n) is 7.25. The van der Waals surface area contributed by atoms with Gasteiger partial charge in [0, 0.05) is 18.8 Å². The van der Waals surface area contributed by atoms with Gasteiger partial charge in [-0.1, -0.05) is 76.8 Å². The van der Waals surface area contributed by atoms with Gasteiger partial charge in [0.25, 0.3) is 0 Å². The number of carbonyl (C=O) groups is 2. The number of unbranched alkanes of at least 4 members (excludes halogenated alkanes) is 9. The average Bonchev–Trinajstić information content (AvgIpc) is 3.29. The van der Waals surface area contributed by atoms with Crippen molar-refractivity contribution in [3.63, 3.8) is 0 Å². The van der Waals surface area contributed by atoms with Crippen molar-refractivity contribution >= 4 is 17.7 Å². The van der Waals surface area contributed by atoms with Crippen molar-refractivity contribution in [2.45, 2.75) is 121 Å². The van der Waals surface area contributed by atoms with Crippen molar-refractivity contribution in [1.82, 2.24) is 5.32 Å². The van der Waals surface area contributed by atoms with E-state index in [1.807, 2.05) is 0 Å². The molecule has 2 amide bonds. The maximum absolute atomic E-state index is 12.5. The van der Waals surface area contributed by atoms with Crippen molar-refractivity contribution in [3.8, 4) is 0 Å². The summed E-state index contributed by atoms with van der Waals surface area (Å²) in [4.78, 5) is 23.4. The van der Waals surface area contributed by atoms with E-state index in [1.165, 1.54) is 51.4 Å². The molecule has 2 fully saturated rings. The molecule has 2 aliphatic rings. The Morgan fingerprint density at radius 2 is 1.68 bits per heavy atom. The first-order valence-corrected chi connectivity index (χ1v) is 14.8. The van der Waals surface area contributed by atoms with Gasteiger partial charge in [0.1, 0.15) is 24.9 Å². The highest BCUT2D eigenvalue weighted by atomic mass is 16.9. The fourth-order valence-electron chi connectivity index (χ4n) is 5.35. The van der Waals surface area contributed by atoms with E-state index in [1.54, 1.807) is 38.1 Å². The maximum Gasteiger partial charge on any atom is 0.319 e. The Labute approximate surface area is 238 Å². The number of urea groups is 1. The summed E-state index contributed by atoms with van der Waals surface area (Å²) in [6.07, 6.45) is 9.77. The Morgan fingerprint density at radius 3 is 2.35 bits per heavy atom. The minimum Gasteiger partial charge on any atom is -0.481 e. The number of carboxylic acid groups (broad SMARTS) is 1. The topological polar surface area (TPSA) is 136 Å². The third kappa shape index (κ3) is 9.99. The predicted molar refractivity (Wildman–Crippen MR) is 151 cm³/mol. The molecule has 1 aromatic rings. The van der Waals surface area contributed by atoms with Gasteiger partial charge < -0.3 is 39.8 Å². The number of rotatable bonds is 18. The molecule has 2 heterocycles. The SMILES string of the molecule is CCCCCCCCCCCCOC[C@@]12O[C@@H](CNC(=O)Nc3cccc(CC(=O)O)c3)[C@@H](O)[C@@H]1OC(C)(C)O2. The molecule has 4 N–H and O–H groups in total. The number of hydrogen-bond acceptors (Lipinski definition) is 7. The van der Waals surface area contributed by atoms with E-state index in [4.69, 9.17) is 24.1 Å². The largest absolute Gasteiger partial charge is 0.481 e. The van der Waals surface area contributed by atoms with Crippen molar-refractivity contribution in [1.29, 1.82) is 0 Å². The van der Waals surface area contributed by atoms with Gasteiger partial charge in [0.15, 0.2) is 5.79 Å². The standard InChI is InChI=1S/C30H48N2O8/c1-4-5-6-7-8-9-10-11-12-13-17-37-21-30-27(39-29(2,3)40-30)26(35)24(38-30)20-31-28(36)32-23-16-14-15-22(18-23)19-25(33)34/h14-16,18,24,26-27,35H,4-13,17,19-21H2,1-3H3,(H,33,34)(H2,31,32,36)/t24-,26+,27-,30-/m0/s1. The van der Waals surface area contributed by atoms with Crippen molar-refractivity contribution in [2.75, 3.05) is 25.1 Å². The van der Waals surface area contributed by atoms with Crippen LogP contribution in [0.5, 0.6) is 0 Å². The first-order chi connectivity index (χ1) is 19.1. The number of aliphatic hydroxyl groups is 1. The fourth-order valence-corrected chi connectivity index (χ4v) is 5.35. The number of ether oxygens (including phenoxy) is 4. The third-order valence-corrected chi connectivity index (χ3v) is 7.25. The molecule has 2 aliphatic heterocycles. The number of carbonyl (C=O) groups excluding carboxylic acids is 1. The van der Waals surface area contributed by atoms with Gasteiger partial charge >= 0.3 is 12.0 Å². The van der Waals surface area contributed by atoms with Gasteiger partial charge in [-0.2, -0.15) is 0 Å². The van der Waals surface area contributed by atoms with E-state index in [0.717, 1.165) is 12.8 Å². The Morgan fingerprint density at radius 1 is 1.00 bits per heavy atom. The van der Waals surface area contributed by atoms with E-state index >= 15 is 0 Å². The molecule has 0 radical (unpaired) electrons. The highest BCUT2D eigenvalue weighted by molar-refractivity contribution is 5.89. The van der Waals surface area contributed by atoms with E-state index in [2.05, 4.69) is 17.6 Å². The summed E-state index contributed by atoms with van der Waals surface area (Å²) in [5, 5.41) is 25.3. The van der Waals surface area contributed by atoms with Crippen molar-refractivity contribution in [2.24, 2.45) is 0 Å². The first kappa shape index (κ1) is 32.3. The zero-order valence-corrected chi connectivity index (χ0v) is 24.3. The van der Waals surface area contributed by atoms with Crippen molar-refractivity contribution < 1.29 is 38.7 Å². The molecule has 1 aromatic carbocycles. The van der Waals surface area contributed by atoms with Crippen LogP contribution in [0.15, 0.2) is 24.3 Å². The molecule has 4 atom stereocenters. The van der Waals surface area contributed by atoms with Gasteiger partial charge in [0.2, 0.25) is 5.79 Å². The Hall–Kier alpha value is -2.24. The number of carboxylic acids is 1. The summed E-state index contributed by atoms with van der Waals surface area (Å²) in [6.45, 7) is 6.48. The number of fused-ring (bicyclic) bond motifs is 1. The van der Waals surface area contributed by atoms with Crippen LogP contribution in [0.4, 0.5) is 10.5 Å². The quantitative estimate of drug-likeness (QED) is 0.183. The smallest absolute Gasteiger partial charge is 0.319 e. The lowest BCUT2D eigenvalue weighted by Crippen LogP contribution is -2.45. The molecule has 0 aromatic heterocycles. The minimum absolute atomic E-state index is 0.0195. The number of amides is 2. The molecule has 0 saturated carbocycles. The highest BCUT2D eigenvalue weighted by Gasteiger charge is 2.64. The van der Waals surface area contributed by atoms with Gasteiger partial charge in [-0.25, -0.2) is 4.79 Å². The zero-order valence-electron chi connectivity index (χ0n) is 24.3. The number of nitrogens with one attached hydrogen (secondary N) is 2. The zero-order chi connectivity index (χ0) is 29.0. The number of aliphatic carboxylic acids is 1. The molecule has 10 heteroatoms. The normalized spacial score (nSPS) is 25.1. The molecule has 0 aliphatic carbocycles. The summed E-state index contributed by atoms with van der Waals surface area (Å²) in [7, 11) is 0. The van der Waals surface area contributed by atoms with Gasteiger partial charge in [-0.15, -0.1) is 0 Å². The van der Waals surface area contributed by atoms with E-state index in [-0.39, 0.29) is 19.6 Å². The minimum atomic E-state index is -1.25. The highest BCUT2D eigenvalue weighted by Crippen LogP contribution is 2.45. The van der Waals surface area contributed by atoms with Crippen LogP contribution in [-0.2, 0) is 30.2 Å². The molecule has 10 nitrogen and oxygen atoms in total. The molecular formula is C30H48N2O8. The molecule has 0 spiro atoms. The second-order valence-electron chi connectivity index (χ2n) is 11.3. The lowest BCUT2D eigenvalue weighted by atomic mass is 10.1. The Balaban J connectivity index is 1.40. The summed E-state index contributed by atoms with van der Waals surface area (Å²) < 4.78 is 24.2. The second-order valence-corrected chi connectivity index (χ2v) is 11.3. The second kappa shape index (κ2) is 15.7. The number of anilines is 1. The predicted octanol–water partition coefficient (Wildman–Crippen LogP) is 4.98. The summed E-state index contributed by atoms with van der Waals surface area (Å²) in [5.41, 5.74) is 1.04. The first-order valence-electron chi connectivity index (χ1n) is 14.8. The monoisotopic (exact) mass is 564 g/mol. The molecule has 3 rings (SSSR count). The molecule has 0 unspecified atom stereocenters. The van der Waals surface area contributed by atoms with E-state index < -0.39 is 41.9 Å². The van der Waals surface area contributed by atoms with E-state index in [9.17, 15) is 14.7 Å². The maximum atomic E-state index is 12.5. The lowest BCUT2D eigenvalue weighted by Gasteiger charge is -2.28. The van der Waals surface area contributed by atoms with Crippen LogP contribution < -0.4 is 10.6 Å². The van der Waals surface area contributed by atoms with Crippen LogP contribution in [0.3, 0.4) is 0 Å². The van der Waals surface area contributed by atoms with Crippen LogP contribution >= 0.6 is 0 Å². The van der Waals surface area contributed by atoms with Gasteiger partial charge in [-0.3, -0.25) is 4.79 Å². The number of aliphatic hydroxyl groups excluding tert-OH is 1. The average molecular weight is 565 g/mol. The van der Waals surface area contributed by atoms with Gasteiger partial charge in [-0.05, 0) is 38.0 Å². The summed E-state index contributed by atoms with van der Waals surface area (Å²) >= 11 is 0. The fraction of sp³-hybridized carbons (Fsp3) is 0.733.